The van der Waals surface area contributed by atoms with Crippen LogP contribution in [-0.4, -0.2) is 26.3 Å². The zero-order valence-electron chi connectivity index (χ0n) is 10.4. The summed E-state index contributed by atoms with van der Waals surface area (Å²) in [5, 5.41) is 5.59. The van der Waals surface area contributed by atoms with Crippen molar-refractivity contribution in [3.8, 4) is 0 Å². The van der Waals surface area contributed by atoms with Crippen molar-refractivity contribution < 1.29 is 4.74 Å². The largest absolute Gasteiger partial charge is 0.381 e. The molecule has 1 aromatic rings. The van der Waals surface area contributed by atoms with Gasteiger partial charge in [-0.15, -0.1) is 11.3 Å². The Morgan fingerprint density at radius 1 is 1.53 bits per heavy atom. The van der Waals surface area contributed by atoms with Gasteiger partial charge in [0.25, 0.3) is 0 Å². The lowest BCUT2D eigenvalue weighted by Crippen LogP contribution is -2.39. The summed E-state index contributed by atoms with van der Waals surface area (Å²) in [7, 11) is 0. The molecule has 0 radical (unpaired) electrons. The summed E-state index contributed by atoms with van der Waals surface area (Å²) in [5.41, 5.74) is 6.50. The van der Waals surface area contributed by atoms with Crippen LogP contribution in [0.1, 0.15) is 30.7 Å². The lowest BCUT2D eigenvalue weighted by atomic mass is 9.82. The van der Waals surface area contributed by atoms with Crippen LogP contribution in [0.15, 0.2) is 17.5 Å². The van der Waals surface area contributed by atoms with Crippen molar-refractivity contribution in [2.24, 2.45) is 11.1 Å². The molecule has 0 aromatic carbocycles. The van der Waals surface area contributed by atoms with Gasteiger partial charge in [0.15, 0.2) is 0 Å². The van der Waals surface area contributed by atoms with Crippen LogP contribution in [0.25, 0.3) is 0 Å². The summed E-state index contributed by atoms with van der Waals surface area (Å²) in [6, 6.07) is 4.28. The Morgan fingerprint density at radius 2 is 2.29 bits per heavy atom. The molecule has 4 heteroatoms. The molecule has 1 saturated heterocycles. The Bertz CT molecular complexity index is 320. The van der Waals surface area contributed by atoms with E-state index in [1.807, 2.05) is 0 Å². The molecule has 1 aliphatic rings. The highest BCUT2D eigenvalue weighted by molar-refractivity contribution is 7.10. The molecule has 0 saturated carbocycles. The smallest absolute Gasteiger partial charge is 0.0516 e. The summed E-state index contributed by atoms with van der Waals surface area (Å²) in [6.07, 6.45) is 2.29. The molecule has 96 valence electrons. The van der Waals surface area contributed by atoms with Gasteiger partial charge in [-0.3, -0.25) is 0 Å². The fourth-order valence-electron chi connectivity index (χ4n) is 2.17. The van der Waals surface area contributed by atoms with Gasteiger partial charge in [0.05, 0.1) is 6.04 Å². The first-order chi connectivity index (χ1) is 8.20. The van der Waals surface area contributed by atoms with Crippen molar-refractivity contribution in [1.29, 1.82) is 0 Å². The van der Waals surface area contributed by atoms with Crippen LogP contribution in [0.5, 0.6) is 0 Å². The van der Waals surface area contributed by atoms with Gasteiger partial charge in [0.2, 0.25) is 0 Å². The predicted octanol–water partition coefficient (Wildman–Crippen LogP) is 2.15. The third-order valence-electron chi connectivity index (χ3n) is 3.52. The maximum absolute atomic E-state index is 6.12. The summed E-state index contributed by atoms with van der Waals surface area (Å²) in [6.45, 7) is 6.02. The number of nitrogens with two attached hydrogens (primary N) is 1. The molecule has 17 heavy (non-hydrogen) atoms. The van der Waals surface area contributed by atoms with E-state index in [1.54, 1.807) is 11.3 Å². The van der Waals surface area contributed by atoms with E-state index in [0.29, 0.717) is 5.41 Å². The fraction of sp³-hybridized carbons (Fsp3) is 0.692. The quantitative estimate of drug-likeness (QED) is 0.846. The van der Waals surface area contributed by atoms with E-state index in [0.717, 1.165) is 39.1 Å². The van der Waals surface area contributed by atoms with Gasteiger partial charge in [0.1, 0.15) is 0 Å². The first-order valence-corrected chi connectivity index (χ1v) is 7.15. The van der Waals surface area contributed by atoms with E-state index in [-0.39, 0.29) is 6.04 Å². The van der Waals surface area contributed by atoms with E-state index in [9.17, 15) is 0 Å². The van der Waals surface area contributed by atoms with Gasteiger partial charge in [-0.2, -0.15) is 0 Å². The van der Waals surface area contributed by atoms with Crippen molar-refractivity contribution in [2.45, 2.75) is 25.8 Å². The van der Waals surface area contributed by atoms with Crippen molar-refractivity contribution in [1.82, 2.24) is 5.32 Å². The van der Waals surface area contributed by atoms with Gasteiger partial charge < -0.3 is 15.8 Å². The number of thiophene rings is 1. The molecule has 1 fully saturated rings. The fourth-order valence-corrected chi connectivity index (χ4v) is 2.90. The van der Waals surface area contributed by atoms with Crippen LogP contribution in [-0.2, 0) is 4.74 Å². The van der Waals surface area contributed by atoms with Crippen molar-refractivity contribution in [3.63, 3.8) is 0 Å². The topological polar surface area (TPSA) is 47.3 Å². The van der Waals surface area contributed by atoms with Crippen molar-refractivity contribution in [2.75, 3.05) is 26.3 Å². The number of rotatable bonds is 5. The minimum absolute atomic E-state index is 0.124. The lowest BCUT2D eigenvalue weighted by Gasteiger charge is -2.34. The third kappa shape index (κ3) is 3.78. The van der Waals surface area contributed by atoms with Crippen LogP contribution >= 0.6 is 11.3 Å². The molecule has 2 heterocycles. The standard InChI is InChI=1S/C13H22N2OS/c1-13(4-6-16-7-5-13)10-15-9-11(14)12-3-2-8-17-12/h2-3,8,11,15H,4-7,9-10,14H2,1H3. The van der Waals surface area contributed by atoms with Crippen molar-refractivity contribution >= 4 is 11.3 Å². The SMILES string of the molecule is CC1(CNCC(N)c2cccs2)CCOCC1. The average Bonchev–Trinajstić information content (AvgIpc) is 2.83. The van der Waals surface area contributed by atoms with Crippen LogP contribution in [0.3, 0.4) is 0 Å². The highest BCUT2D eigenvalue weighted by Gasteiger charge is 2.26. The van der Waals surface area contributed by atoms with Crippen LogP contribution < -0.4 is 11.1 Å². The van der Waals surface area contributed by atoms with E-state index in [1.165, 1.54) is 4.88 Å². The first-order valence-electron chi connectivity index (χ1n) is 6.27. The maximum atomic E-state index is 6.12. The van der Waals surface area contributed by atoms with Gasteiger partial charge in [-0.25, -0.2) is 0 Å². The average molecular weight is 254 g/mol. The summed E-state index contributed by atoms with van der Waals surface area (Å²) < 4.78 is 5.40. The zero-order chi connectivity index (χ0) is 12.1. The highest BCUT2D eigenvalue weighted by atomic mass is 32.1. The van der Waals surface area contributed by atoms with Crippen LogP contribution in [0.4, 0.5) is 0 Å². The molecule has 1 aromatic heterocycles. The Kier molecular flexibility index (Phi) is 4.56. The second kappa shape index (κ2) is 5.96. The Balaban J connectivity index is 1.72. The number of hydrogen-bond acceptors (Lipinski definition) is 4. The molecule has 3 nitrogen and oxygen atoms in total. The van der Waals surface area contributed by atoms with E-state index in [4.69, 9.17) is 10.5 Å². The second-order valence-corrected chi connectivity index (χ2v) is 6.16. The Morgan fingerprint density at radius 3 is 2.94 bits per heavy atom. The molecular formula is C13H22N2OS. The van der Waals surface area contributed by atoms with Gasteiger partial charge >= 0.3 is 0 Å². The number of nitrogens with one attached hydrogen (secondary N) is 1. The molecule has 1 atom stereocenters. The van der Waals surface area contributed by atoms with E-state index in [2.05, 4.69) is 29.8 Å². The minimum Gasteiger partial charge on any atom is -0.381 e. The lowest BCUT2D eigenvalue weighted by molar-refractivity contribution is 0.0241. The molecule has 0 bridgehead atoms. The monoisotopic (exact) mass is 254 g/mol. The van der Waals surface area contributed by atoms with E-state index >= 15 is 0 Å². The molecule has 0 aliphatic carbocycles. The minimum atomic E-state index is 0.124. The molecule has 1 aliphatic heterocycles. The third-order valence-corrected chi connectivity index (χ3v) is 4.53. The molecule has 0 spiro atoms. The second-order valence-electron chi connectivity index (χ2n) is 5.18. The summed E-state index contributed by atoms with van der Waals surface area (Å²) in [4.78, 5) is 1.26. The van der Waals surface area contributed by atoms with Crippen LogP contribution in [0.2, 0.25) is 0 Å². The molecule has 3 N–H and O–H groups in total. The number of hydrogen-bond donors (Lipinski definition) is 2. The normalized spacial score (nSPS) is 21.3. The van der Waals surface area contributed by atoms with Gasteiger partial charge in [-0.1, -0.05) is 13.0 Å². The zero-order valence-corrected chi connectivity index (χ0v) is 11.3. The molecule has 2 rings (SSSR count). The van der Waals surface area contributed by atoms with E-state index < -0.39 is 0 Å². The highest BCUT2D eigenvalue weighted by Crippen LogP contribution is 2.28. The first kappa shape index (κ1) is 13.0. The van der Waals surface area contributed by atoms with Gasteiger partial charge in [-0.05, 0) is 29.7 Å². The maximum Gasteiger partial charge on any atom is 0.0516 e. The summed E-state index contributed by atoms with van der Waals surface area (Å²) >= 11 is 1.73. The Hall–Kier alpha value is -0.420. The molecule has 1 unspecified atom stereocenters. The van der Waals surface area contributed by atoms with Gasteiger partial charge in [0, 0.05) is 31.2 Å². The van der Waals surface area contributed by atoms with Crippen LogP contribution in [0, 0.1) is 5.41 Å². The van der Waals surface area contributed by atoms with Crippen molar-refractivity contribution in [3.05, 3.63) is 22.4 Å². The molecule has 0 amide bonds. The number of ether oxygens (including phenoxy) is 1. The summed E-state index contributed by atoms with van der Waals surface area (Å²) in [5.74, 6) is 0. The Labute approximate surface area is 107 Å². The molecular weight excluding hydrogens is 232 g/mol. The predicted molar refractivity (Wildman–Crippen MR) is 72.3 cm³/mol.